The lowest BCUT2D eigenvalue weighted by Gasteiger charge is -2.06. The highest BCUT2D eigenvalue weighted by Crippen LogP contribution is 2.05. The molecule has 0 aromatic heterocycles. The van der Waals surface area contributed by atoms with Gasteiger partial charge in [-0.25, -0.2) is 14.2 Å². The van der Waals surface area contributed by atoms with E-state index in [0.717, 1.165) is 111 Å². The van der Waals surface area contributed by atoms with E-state index in [1.165, 1.54) is 0 Å². The van der Waals surface area contributed by atoms with E-state index in [2.05, 4.69) is 0 Å². The van der Waals surface area contributed by atoms with Gasteiger partial charge in [0, 0.05) is 38.5 Å². The highest BCUT2D eigenvalue weighted by atomic mass is 16.5. The van der Waals surface area contributed by atoms with E-state index in [1.54, 1.807) is 18.6 Å². The molecule has 0 aromatic carbocycles. The molecule has 6 nitrogen and oxygen atoms in total. The number of hydroxylamine groups is 3. The molecule has 156 valence electrons. The van der Waals surface area contributed by atoms with Crippen molar-refractivity contribution >= 4 is 18.6 Å². The fraction of sp³-hybridized carbons (Fsp3) is 0.857. The minimum absolute atomic E-state index is 0.568. The van der Waals surface area contributed by atoms with Gasteiger partial charge < -0.3 is 15.6 Å². The Bertz CT molecular complexity index is 395. The van der Waals surface area contributed by atoms with Crippen LogP contribution in [0.15, 0.2) is 0 Å². The van der Waals surface area contributed by atoms with Crippen molar-refractivity contribution in [3.63, 3.8) is 0 Å². The van der Waals surface area contributed by atoms with E-state index in [1.807, 2.05) is 0 Å². The van der Waals surface area contributed by atoms with Gasteiger partial charge in [-0.3, -0.25) is 0 Å². The molecule has 0 radical (unpaired) electrons. The van der Waals surface area contributed by atoms with Gasteiger partial charge in [0.15, 0.2) is 38.3 Å². The zero-order valence-corrected chi connectivity index (χ0v) is 17.0. The van der Waals surface area contributed by atoms with Gasteiger partial charge in [-0.05, 0) is 38.5 Å². The van der Waals surface area contributed by atoms with E-state index in [-0.39, 0.29) is 0 Å². The fourth-order valence-corrected chi connectivity index (χ4v) is 3.28. The summed E-state index contributed by atoms with van der Waals surface area (Å²) >= 11 is 0. The van der Waals surface area contributed by atoms with Crippen LogP contribution in [0.3, 0.4) is 0 Å². The van der Waals surface area contributed by atoms with Crippen LogP contribution in [0.25, 0.3) is 0 Å². The lowest BCUT2D eigenvalue weighted by Crippen LogP contribution is -2.08. The number of hydrogen-bond acceptors (Lipinski definition) is 3. The van der Waals surface area contributed by atoms with Gasteiger partial charge in [-0.2, -0.15) is 0 Å². The van der Waals surface area contributed by atoms with Crippen LogP contribution in [0.1, 0.15) is 96.3 Å². The zero-order chi connectivity index (χ0) is 19.6. The van der Waals surface area contributed by atoms with Crippen molar-refractivity contribution < 1.29 is 14.2 Å². The molecule has 0 N–H and O–H groups in total. The van der Waals surface area contributed by atoms with Crippen LogP contribution in [0.5, 0.6) is 0 Å². The maximum absolute atomic E-state index is 11.7. The second-order valence-corrected chi connectivity index (χ2v) is 7.58. The van der Waals surface area contributed by atoms with Crippen molar-refractivity contribution in [3.05, 3.63) is 15.6 Å². The summed E-state index contributed by atoms with van der Waals surface area (Å²) in [7, 11) is 0. The molecule has 0 aliphatic carbocycles. The SMILES string of the molecule is [O-]/[N+]1=C\CCCCCC/[N+]([O-])=C\CCCCCC/[N+]([O-])=C/CCCCCC1. The fourth-order valence-electron chi connectivity index (χ4n) is 3.28. The Balaban J connectivity index is 2.34. The summed E-state index contributed by atoms with van der Waals surface area (Å²) in [6.07, 6.45) is 19.9. The summed E-state index contributed by atoms with van der Waals surface area (Å²) in [6.45, 7) is 1.70. The molecule has 1 aliphatic rings. The Morgan fingerprint density at radius 2 is 0.630 bits per heavy atom. The lowest BCUT2D eigenvalue weighted by atomic mass is 10.1. The van der Waals surface area contributed by atoms with Crippen molar-refractivity contribution in [1.82, 2.24) is 0 Å². The van der Waals surface area contributed by atoms with Crippen LogP contribution in [0.4, 0.5) is 0 Å². The predicted molar refractivity (Wildman–Crippen MR) is 113 cm³/mol. The van der Waals surface area contributed by atoms with Gasteiger partial charge >= 0.3 is 0 Å². The normalized spacial score (nSPS) is 27.8. The topological polar surface area (TPSA) is 78.2 Å². The monoisotopic (exact) mass is 381 g/mol. The van der Waals surface area contributed by atoms with E-state index in [9.17, 15) is 15.6 Å². The molecule has 1 rings (SSSR count). The van der Waals surface area contributed by atoms with Crippen molar-refractivity contribution in [3.8, 4) is 0 Å². The Kier molecular flexibility index (Phi) is 14.4. The van der Waals surface area contributed by atoms with E-state index >= 15 is 0 Å². The van der Waals surface area contributed by atoms with Crippen LogP contribution >= 0.6 is 0 Å². The minimum Gasteiger partial charge on any atom is -0.624 e. The molecule has 0 aromatic rings. The molecule has 6 heteroatoms. The Labute approximate surface area is 165 Å². The molecule has 0 spiro atoms. The highest BCUT2D eigenvalue weighted by Gasteiger charge is 2.00. The van der Waals surface area contributed by atoms with Crippen molar-refractivity contribution in [1.29, 1.82) is 0 Å². The molecule has 0 saturated heterocycles. The first-order chi connectivity index (χ1) is 13.2. The van der Waals surface area contributed by atoms with Crippen molar-refractivity contribution in [2.45, 2.75) is 96.3 Å². The largest absolute Gasteiger partial charge is 0.624 e. The van der Waals surface area contributed by atoms with Crippen LogP contribution in [-0.2, 0) is 0 Å². The third-order valence-electron chi connectivity index (χ3n) is 5.00. The first-order valence-electron chi connectivity index (χ1n) is 11.0. The van der Waals surface area contributed by atoms with Crippen molar-refractivity contribution in [2.75, 3.05) is 19.6 Å². The molecule has 0 fully saturated rings. The smallest absolute Gasteiger partial charge is 0.153 e. The quantitative estimate of drug-likeness (QED) is 0.454. The highest BCUT2D eigenvalue weighted by molar-refractivity contribution is 5.51. The predicted octanol–water partition coefficient (Wildman–Crippen LogP) is 4.59. The summed E-state index contributed by atoms with van der Waals surface area (Å²) in [5.41, 5.74) is 0. The Morgan fingerprint density at radius 1 is 0.370 bits per heavy atom. The molecular formula is C21H39N3O3. The molecular weight excluding hydrogens is 342 g/mol. The van der Waals surface area contributed by atoms with E-state index in [0.29, 0.717) is 19.6 Å². The Hall–Kier alpha value is -1.59. The van der Waals surface area contributed by atoms with Crippen LogP contribution < -0.4 is 0 Å². The molecule has 0 bridgehead atoms. The number of nitrogens with zero attached hydrogens (tertiary/aromatic N) is 3. The first kappa shape index (κ1) is 23.4. The van der Waals surface area contributed by atoms with E-state index in [4.69, 9.17) is 0 Å². The van der Waals surface area contributed by atoms with Gasteiger partial charge in [0.05, 0.1) is 0 Å². The van der Waals surface area contributed by atoms with Crippen LogP contribution in [0, 0.1) is 15.6 Å². The third kappa shape index (κ3) is 15.2. The molecule has 0 saturated carbocycles. The summed E-state index contributed by atoms with van der Waals surface area (Å²) in [5.74, 6) is 0. The van der Waals surface area contributed by atoms with Gasteiger partial charge in [-0.1, -0.05) is 19.3 Å². The van der Waals surface area contributed by atoms with E-state index < -0.39 is 0 Å². The summed E-state index contributed by atoms with van der Waals surface area (Å²) in [6, 6.07) is 0. The van der Waals surface area contributed by atoms with Crippen LogP contribution in [-0.4, -0.2) is 52.5 Å². The summed E-state index contributed by atoms with van der Waals surface area (Å²) < 4.78 is 3.20. The van der Waals surface area contributed by atoms with Gasteiger partial charge in [-0.15, -0.1) is 0 Å². The molecule has 0 unspecified atom stereocenters. The minimum atomic E-state index is 0.568. The zero-order valence-electron chi connectivity index (χ0n) is 17.0. The molecule has 27 heavy (non-hydrogen) atoms. The first-order valence-corrected chi connectivity index (χ1v) is 11.0. The van der Waals surface area contributed by atoms with Gasteiger partial charge in [0.1, 0.15) is 0 Å². The maximum Gasteiger partial charge on any atom is 0.153 e. The second kappa shape index (κ2) is 16.6. The number of hydrogen-bond donors (Lipinski definition) is 0. The Morgan fingerprint density at radius 3 is 0.926 bits per heavy atom. The second-order valence-electron chi connectivity index (χ2n) is 7.58. The molecule has 1 aliphatic heterocycles. The standard InChI is InChI=1S/C21H39N3O3/c25-22-16-10-4-1-5-11-17-23(26)19-13-7-3-9-15-21-24(27)20-14-8-2-6-12-18-22/h16,19-20H,1-15,17-18,21H2/b22-16-,23-19-,24-20+. The maximum atomic E-state index is 11.7. The summed E-state index contributed by atoms with van der Waals surface area (Å²) in [4.78, 5) is 0. The lowest BCUT2D eigenvalue weighted by molar-refractivity contribution is -0.455. The van der Waals surface area contributed by atoms with Crippen molar-refractivity contribution in [2.24, 2.45) is 0 Å². The molecule has 0 amide bonds. The third-order valence-corrected chi connectivity index (χ3v) is 5.00. The van der Waals surface area contributed by atoms with Crippen LogP contribution in [0.2, 0.25) is 0 Å². The molecule has 0 atom stereocenters. The van der Waals surface area contributed by atoms with Gasteiger partial charge in [0.2, 0.25) is 0 Å². The average molecular weight is 382 g/mol. The average Bonchev–Trinajstić information content (AvgIpc) is 2.65. The summed E-state index contributed by atoms with van der Waals surface area (Å²) in [5, 5.41) is 35.2. The van der Waals surface area contributed by atoms with Gasteiger partial charge in [0.25, 0.3) is 0 Å². The number of rotatable bonds is 0. The molecule has 1 heterocycles.